The van der Waals surface area contributed by atoms with E-state index in [1.807, 2.05) is 0 Å². The fraction of sp³-hybridized carbons (Fsp3) is 0.658. The summed E-state index contributed by atoms with van der Waals surface area (Å²) >= 11 is 0. The normalized spacial score (nSPS) is 38.2. The molecule has 3 heterocycles. The number of hydrogen-bond donors (Lipinski definition) is 1. The maximum Gasteiger partial charge on any atom is 0.340 e. The smallest absolute Gasteiger partial charge is 0.340 e. The average molecular weight is 806 g/mol. The Hall–Kier alpha value is -5.17. The van der Waals surface area contributed by atoms with Gasteiger partial charge in [-0.1, -0.05) is 13.8 Å². The number of pyridine rings is 1. The first-order chi connectivity index (χ1) is 26.5. The second-order valence-corrected chi connectivity index (χ2v) is 15.4. The molecule has 4 aliphatic rings. The minimum atomic E-state index is -2.81. The molecule has 13 atom stereocenters. The van der Waals surface area contributed by atoms with Crippen molar-refractivity contribution in [2.45, 2.75) is 129 Å². The van der Waals surface area contributed by atoms with Crippen molar-refractivity contribution < 1.29 is 86.1 Å². The molecule has 2 aliphatic carbocycles. The summed E-state index contributed by atoms with van der Waals surface area (Å²) < 4.78 is 54.3. The molecule has 0 amide bonds. The van der Waals surface area contributed by atoms with E-state index in [2.05, 4.69) is 4.98 Å². The van der Waals surface area contributed by atoms with Crippen LogP contribution in [0.4, 0.5) is 0 Å². The lowest BCUT2D eigenvalue weighted by Gasteiger charge is -2.67. The molecule has 312 valence electrons. The van der Waals surface area contributed by atoms with E-state index in [0.717, 1.165) is 48.5 Å². The van der Waals surface area contributed by atoms with E-state index in [0.29, 0.717) is 5.56 Å². The van der Waals surface area contributed by atoms with Gasteiger partial charge >= 0.3 is 47.8 Å². The molecule has 4 bridgehead atoms. The van der Waals surface area contributed by atoms with Crippen LogP contribution in [0, 0.1) is 17.3 Å². The molecule has 0 unspecified atom stereocenters. The van der Waals surface area contributed by atoms with Gasteiger partial charge in [0.25, 0.3) is 0 Å². The van der Waals surface area contributed by atoms with Crippen LogP contribution in [0.25, 0.3) is 0 Å². The summed E-state index contributed by atoms with van der Waals surface area (Å²) in [7, 11) is 0. The van der Waals surface area contributed by atoms with Gasteiger partial charge in [0.15, 0.2) is 30.0 Å². The number of fused-ring (bicyclic) bond motifs is 5. The predicted molar refractivity (Wildman–Crippen MR) is 185 cm³/mol. The summed E-state index contributed by atoms with van der Waals surface area (Å²) in [5, 5.41) is 13.4. The second kappa shape index (κ2) is 15.3. The van der Waals surface area contributed by atoms with Gasteiger partial charge in [0.1, 0.15) is 42.0 Å². The zero-order valence-corrected chi connectivity index (χ0v) is 33.2. The summed E-state index contributed by atoms with van der Waals surface area (Å²) in [5.74, 6) is -11.5. The lowest BCUT2D eigenvalue weighted by Crippen LogP contribution is -2.89. The minimum Gasteiger partial charge on any atom is -0.465 e. The molecule has 1 spiro atoms. The number of cyclic esters (lactones) is 1. The van der Waals surface area contributed by atoms with E-state index in [1.54, 1.807) is 6.92 Å². The molecule has 1 aromatic rings. The van der Waals surface area contributed by atoms with Gasteiger partial charge in [0.05, 0.1) is 17.4 Å². The van der Waals surface area contributed by atoms with Crippen LogP contribution in [0.15, 0.2) is 18.5 Å². The molecule has 57 heavy (non-hydrogen) atoms. The van der Waals surface area contributed by atoms with Crippen LogP contribution in [0.2, 0.25) is 0 Å². The monoisotopic (exact) mass is 805 g/mol. The molecule has 19 heteroatoms. The molecular weight excluding hydrogens is 758 g/mol. The molecule has 3 fully saturated rings. The molecule has 2 aliphatic heterocycles. The van der Waals surface area contributed by atoms with Crippen LogP contribution in [0.3, 0.4) is 0 Å². The van der Waals surface area contributed by atoms with Crippen molar-refractivity contribution in [1.82, 2.24) is 4.98 Å². The van der Waals surface area contributed by atoms with E-state index in [4.69, 9.17) is 42.6 Å². The topological polar surface area (TPSA) is 253 Å². The zero-order chi connectivity index (χ0) is 42.6. The van der Waals surface area contributed by atoms with Crippen LogP contribution in [0.5, 0.6) is 0 Å². The highest BCUT2D eigenvalue weighted by Gasteiger charge is 2.92. The van der Waals surface area contributed by atoms with Crippen molar-refractivity contribution in [3.63, 3.8) is 0 Å². The van der Waals surface area contributed by atoms with Crippen molar-refractivity contribution in [2.75, 3.05) is 13.2 Å². The van der Waals surface area contributed by atoms with E-state index >= 15 is 0 Å². The zero-order valence-electron chi connectivity index (χ0n) is 33.2. The van der Waals surface area contributed by atoms with E-state index in [-0.39, 0.29) is 5.56 Å². The minimum absolute atomic E-state index is 0.0422. The van der Waals surface area contributed by atoms with Gasteiger partial charge in [-0.25, -0.2) is 4.79 Å². The SMILES string of the molecule is CC(=O)OC[C@]12[C@H](OC(C)=O)[C@H](OC(C)=O)[C@@H]3[C@H](OC(C)=O)[C@@]14O[C@@]3(C)COC(=O)c1cnccc1[C@H](C)[C@H](C)C(=O)O[C@@H]([C@H](OC(C)=O)[C@@H]2OC(C)=O)[C@]4(C)O. The number of aromatic nitrogens is 1. The molecule has 1 N–H and O–H groups in total. The number of aliphatic hydroxyl groups is 1. The fourth-order valence-corrected chi connectivity index (χ4v) is 9.30. The average Bonchev–Trinajstić information content (AvgIpc) is 3.32. The number of ether oxygens (including phenoxy) is 9. The van der Waals surface area contributed by atoms with Gasteiger partial charge in [-0.2, -0.15) is 0 Å². The van der Waals surface area contributed by atoms with Crippen LogP contribution in [-0.4, -0.2) is 124 Å². The van der Waals surface area contributed by atoms with Crippen LogP contribution < -0.4 is 0 Å². The Kier molecular flexibility index (Phi) is 11.5. The largest absolute Gasteiger partial charge is 0.465 e. The highest BCUT2D eigenvalue weighted by molar-refractivity contribution is 5.91. The summed E-state index contributed by atoms with van der Waals surface area (Å²) in [5.41, 5.74) is -9.91. The maximum absolute atomic E-state index is 14.4. The molecule has 0 radical (unpaired) electrons. The summed E-state index contributed by atoms with van der Waals surface area (Å²) in [6.07, 6.45) is -9.28. The number of carbonyl (C=O) groups is 8. The Bertz CT molecular complexity index is 1860. The maximum atomic E-state index is 14.4. The van der Waals surface area contributed by atoms with Crippen LogP contribution in [-0.2, 0) is 76.2 Å². The van der Waals surface area contributed by atoms with Gasteiger partial charge in [-0.05, 0) is 31.4 Å². The van der Waals surface area contributed by atoms with Crippen LogP contribution >= 0.6 is 0 Å². The third-order valence-corrected chi connectivity index (χ3v) is 11.5. The van der Waals surface area contributed by atoms with Crippen LogP contribution in [0.1, 0.15) is 91.1 Å². The molecule has 2 saturated carbocycles. The quantitative estimate of drug-likeness (QED) is 0.298. The number of carbonyl (C=O) groups excluding carboxylic acids is 8. The first-order valence-corrected chi connectivity index (χ1v) is 18.2. The molecule has 1 saturated heterocycles. The number of rotatable bonds is 7. The number of hydrogen-bond acceptors (Lipinski definition) is 19. The standard InChI is InChI=1S/C38H47NO18/c1-16-17(2)33(46)56-30-28(52-20(5)42)32(55-23(8)45)37(15-49-18(3)40)31(54-22(7)44)27(51-19(4)41)26-29(53-21(6)43)38(37,36(30,10)48)57-35(26,9)14-50-34(47)25-13-39-12-11-24(16)25/h11-13,16-17,26-32,48H,14-15H2,1-10H3/t16-,17+,26-,27-,28+,29+,30+,31-,32+,35+,36+,37-,38+/m1/s1. The Balaban J connectivity index is 2.01. The lowest BCUT2D eigenvalue weighted by molar-refractivity contribution is -0.387. The van der Waals surface area contributed by atoms with Gasteiger partial charge in [0, 0.05) is 53.9 Å². The summed E-state index contributed by atoms with van der Waals surface area (Å²) in [6.45, 7) is 9.73. The van der Waals surface area contributed by atoms with Gasteiger partial charge in [-0.3, -0.25) is 38.5 Å². The number of esters is 8. The Morgan fingerprint density at radius 2 is 1.30 bits per heavy atom. The summed E-state index contributed by atoms with van der Waals surface area (Å²) in [6, 6.07) is 1.50. The highest BCUT2D eigenvalue weighted by Crippen LogP contribution is 2.70. The van der Waals surface area contributed by atoms with Gasteiger partial charge in [-0.15, -0.1) is 0 Å². The van der Waals surface area contributed by atoms with E-state index in [9.17, 15) is 43.5 Å². The predicted octanol–water partition coefficient (Wildman–Crippen LogP) is 1.03. The van der Waals surface area contributed by atoms with Crippen molar-refractivity contribution in [2.24, 2.45) is 17.3 Å². The van der Waals surface area contributed by atoms with Gasteiger partial charge < -0.3 is 47.7 Å². The first-order valence-electron chi connectivity index (χ1n) is 18.2. The third-order valence-electron chi connectivity index (χ3n) is 11.5. The fourth-order valence-electron chi connectivity index (χ4n) is 9.30. The molecule has 5 rings (SSSR count). The van der Waals surface area contributed by atoms with E-state index in [1.165, 1.54) is 32.3 Å². The molecule has 19 nitrogen and oxygen atoms in total. The molecule has 1 aromatic heterocycles. The Morgan fingerprint density at radius 3 is 1.84 bits per heavy atom. The van der Waals surface area contributed by atoms with Gasteiger partial charge in [0.2, 0.25) is 0 Å². The van der Waals surface area contributed by atoms with E-state index < -0.39 is 138 Å². The Morgan fingerprint density at radius 1 is 0.772 bits per heavy atom. The second-order valence-electron chi connectivity index (χ2n) is 15.4. The Labute approximate surface area is 327 Å². The highest BCUT2D eigenvalue weighted by atomic mass is 16.7. The van der Waals surface area contributed by atoms with Crippen molar-refractivity contribution in [3.8, 4) is 0 Å². The molecule has 0 aromatic carbocycles. The van der Waals surface area contributed by atoms with Crippen molar-refractivity contribution >= 4 is 47.8 Å². The first kappa shape index (κ1) is 43.0. The third kappa shape index (κ3) is 6.97. The number of nitrogens with zero attached hydrogens (tertiary/aromatic N) is 1. The van der Waals surface area contributed by atoms with Crippen molar-refractivity contribution in [3.05, 3.63) is 29.6 Å². The molecular formula is C38H47NO18. The summed E-state index contributed by atoms with van der Waals surface area (Å²) in [4.78, 5) is 111. The lowest BCUT2D eigenvalue weighted by atomic mass is 9.45. The van der Waals surface area contributed by atoms with Crippen molar-refractivity contribution in [1.29, 1.82) is 0 Å².